The molecule has 0 unspecified atom stereocenters. The number of nitrogens with one attached hydrogen (secondary N) is 2. The Hall–Kier alpha value is -5.10. The Labute approximate surface area is 258 Å². The van der Waals surface area contributed by atoms with Gasteiger partial charge in [0.2, 0.25) is 5.91 Å². The van der Waals surface area contributed by atoms with Gasteiger partial charge in [0.25, 0.3) is 5.91 Å². The number of pyridine rings is 1. The van der Waals surface area contributed by atoms with Crippen molar-refractivity contribution in [2.45, 2.75) is 32.9 Å². The molecule has 10 nitrogen and oxygen atoms in total. The van der Waals surface area contributed by atoms with Crippen molar-refractivity contribution in [1.82, 2.24) is 10.3 Å². The molecule has 2 N–H and O–H groups in total. The number of anilines is 1. The van der Waals surface area contributed by atoms with Gasteiger partial charge < -0.3 is 29.6 Å². The minimum Gasteiger partial charge on any atom is -0.496 e. The molecule has 236 valence electrons. The number of benzene rings is 3. The maximum atomic E-state index is 14.8. The molecule has 0 aliphatic heterocycles. The molecule has 45 heavy (non-hydrogen) atoms. The molecule has 1 atom stereocenters. The molecule has 3 aromatic carbocycles. The summed E-state index contributed by atoms with van der Waals surface area (Å²) in [5.41, 5.74) is 2.30. The van der Waals surface area contributed by atoms with E-state index in [0.717, 1.165) is 24.8 Å². The lowest BCUT2D eigenvalue weighted by Gasteiger charge is -2.20. The topological polar surface area (TPSA) is 125 Å². The maximum Gasteiger partial charge on any atom is 0.328 e. The summed E-state index contributed by atoms with van der Waals surface area (Å²) >= 11 is 0. The summed E-state index contributed by atoms with van der Waals surface area (Å²) in [4.78, 5) is 41.7. The van der Waals surface area contributed by atoms with Crippen LogP contribution in [0.15, 0.2) is 54.7 Å². The molecule has 0 saturated carbocycles. The molecule has 4 aromatic rings. The first-order valence-corrected chi connectivity index (χ1v) is 14.0. The zero-order valence-corrected chi connectivity index (χ0v) is 25.5. The SMILES string of the molecule is CCOCc1cc(OC)c(-c2ccc(C[C@H](NC(=O)c3c(F)cc(NC(C)=O)cc3F)C(=O)OC)c3cccnc23)c(OC)c1. The van der Waals surface area contributed by atoms with E-state index < -0.39 is 41.0 Å². The monoisotopic (exact) mass is 621 g/mol. The van der Waals surface area contributed by atoms with E-state index in [1.54, 1.807) is 44.7 Å². The predicted molar refractivity (Wildman–Crippen MR) is 163 cm³/mol. The van der Waals surface area contributed by atoms with Crippen LogP contribution in [0.25, 0.3) is 22.0 Å². The quantitative estimate of drug-likeness (QED) is 0.207. The zero-order valence-electron chi connectivity index (χ0n) is 25.5. The first-order chi connectivity index (χ1) is 21.6. The molecule has 12 heteroatoms. The number of aromatic nitrogens is 1. The average Bonchev–Trinajstić information content (AvgIpc) is 3.02. The molecule has 0 fully saturated rings. The van der Waals surface area contributed by atoms with Crippen molar-refractivity contribution in [3.8, 4) is 22.6 Å². The van der Waals surface area contributed by atoms with Gasteiger partial charge in [0.15, 0.2) is 0 Å². The number of fused-ring (bicyclic) bond motifs is 1. The van der Waals surface area contributed by atoms with Crippen LogP contribution in [0.2, 0.25) is 0 Å². The fraction of sp³-hybridized carbons (Fsp3) is 0.273. The Morgan fingerprint density at radius 3 is 2.20 bits per heavy atom. The molecule has 0 aliphatic carbocycles. The minimum absolute atomic E-state index is 0.0876. The van der Waals surface area contributed by atoms with E-state index in [0.29, 0.717) is 52.3 Å². The van der Waals surface area contributed by atoms with Crippen molar-refractivity contribution in [3.63, 3.8) is 0 Å². The number of amides is 2. The van der Waals surface area contributed by atoms with Gasteiger partial charge in [-0.2, -0.15) is 0 Å². The number of carbonyl (C=O) groups excluding carboxylic acids is 3. The van der Waals surface area contributed by atoms with Crippen LogP contribution in [0.3, 0.4) is 0 Å². The average molecular weight is 622 g/mol. The van der Waals surface area contributed by atoms with E-state index in [4.69, 9.17) is 18.9 Å². The normalized spacial score (nSPS) is 11.5. The van der Waals surface area contributed by atoms with Gasteiger partial charge in [0.05, 0.1) is 39.0 Å². The summed E-state index contributed by atoms with van der Waals surface area (Å²) in [5.74, 6) is -3.89. The van der Waals surface area contributed by atoms with Gasteiger partial charge in [-0.25, -0.2) is 13.6 Å². The van der Waals surface area contributed by atoms with Crippen LogP contribution in [0, 0.1) is 11.6 Å². The van der Waals surface area contributed by atoms with Crippen molar-refractivity contribution in [2.75, 3.05) is 33.3 Å². The molecule has 0 bridgehead atoms. The summed E-state index contributed by atoms with van der Waals surface area (Å²) in [7, 11) is 4.24. The van der Waals surface area contributed by atoms with Crippen molar-refractivity contribution in [3.05, 3.63) is 83.1 Å². The van der Waals surface area contributed by atoms with Crippen LogP contribution < -0.4 is 20.1 Å². The molecule has 0 saturated heterocycles. The summed E-state index contributed by atoms with van der Waals surface area (Å²) in [6.07, 6.45) is 1.53. The van der Waals surface area contributed by atoms with E-state index in [1.165, 1.54) is 6.92 Å². The van der Waals surface area contributed by atoms with Gasteiger partial charge in [-0.3, -0.25) is 14.6 Å². The third kappa shape index (κ3) is 7.35. The van der Waals surface area contributed by atoms with Crippen molar-refractivity contribution in [2.24, 2.45) is 0 Å². The van der Waals surface area contributed by atoms with Crippen molar-refractivity contribution < 1.29 is 42.1 Å². The Bertz CT molecular complexity index is 1700. The third-order valence-electron chi connectivity index (χ3n) is 6.97. The van der Waals surface area contributed by atoms with Gasteiger partial charge >= 0.3 is 5.97 Å². The number of esters is 1. The Balaban J connectivity index is 1.73. The highest BCUT2D eigenvalue weighted by Crippen LogP contribution is 2.43. The minimum atomic E-state index is -1.31. The first-order valence-electron chi connectivity index (χ1n) is 14.0. The summed E-state index contributed by atoms with van der Waals surface area (Å²) in [6.45, 7) is 4.00. The third-order valence-corrected chi connectivity index (χ3v) is 6.97. The Morgan fingerprint density at radius 2 is 1.62 bits per heavy atom. The van der Waals surface area contributed by atoms with E-state index in [1.807, 2.05) is 19.1 Å². The van der Waals surface area contributed by atoms with Crippen LogP contribution in [-0.2, 0) is 32.1 Å². The standard InChI is InChI=1S/C33H33F2N3O7/c1-6-45-17-19-12-27(42-3)29(28(13-19)43-4)23-10-9-20(22-8-7-11-36-31(22)23)14-26(33(41)44-5)38-32(40)30-24(34)15-21(16-25(30)35)37-18(2)39/h7-13,15-16,26H,6,14,17H2,1-5H3,(H,37,39)(H,38,40)/t26-/m0/s1. The highest BCUT2D eigenvalue weighted by molar-refractivity contribution is 6.00. The number of rotatable bonds is 12. The second-order valence-corrected chi connectivity index (χ2v) is 9.93. The van der Waals surface area contributed by atoms with Crippen molar-refractivity contribution in [1.29, 1.82) is 0 Å². The van der Waals surface area contributed by atoms with E-state index in [9.17, 15) is 23.2 Å². The summed E-state index contributed by atoms with van der Waals surface area (Å²) in [5, 5.41) is 5.30. The largest absolute Gasteiger partial charge is 0.496 e. The van der Waals surface area contributed by atoms with Crippen molar-refractivity contribution >= 4 is 34.4 Å². The highest BCUT2D eigenvalue weighted by atomic mass is 19.1. The lowest BCUT2D eigenvalue weighted by Crippen LogP contribution is -2.43. The zero-order chi connectivity index (χ0) is 32.7. The van der Waals surface area contributed by atoms with E-state index in [2.05, 4.69) is 15.6 Å². The second kappa shape index (κ2) is 14.6. The summed E-state index contributed by atoms with van der Waals surface area (Å²) in [6, 6.07) is 11.1. The lowest BCUT2D eigenvalue weighted by molar-refractivity contribution is -0.142. The van der Waals surface area contributed by atoms with Crippen LogP contribution in [0.1, 0.15) is 35.3 Å². The van der Waals surface area contributed by atoms with Crippen LogP contribution >= 0.6 is 0 Å². The number of hydrogen-bond acceptors (Lipinski definition) is 8. The number of methoxy groups -OCH3 is 3. The number of ether oxygens (including phenoxy) is 4. The Kier molecular flexibility index (Phi) is 10.6. The number of nitrogens with zero attached hydrogens (tertiary/aromatic N) is 1. The molecule has 0 aliphatic rings. The first kappa shape index (κ1) is 32.8. The number of halogens is 2. The predicted octanol–water partition coefficient (Wildman–Crippen LogP) is 5.21. The molecule has 4 rings (SSSR count). The van der Waals surface area contributed by atoms with Gasteiger partial charge in [0.1, 0.15) is 34.7 Å². The van der Waals surface area contributed by atoms with Crippen LogP contribution in [0.5, 0.6) is 11.5 Å². The molecule has 0 radical (unpaired) electrons. The number of carbonyl (C=O) groups is 3. The van der Waals surface area contributed by atoms with Gasteiger partial charge in [0, 0.05) is 42.8 Å². The molecular formula is C33H33F2N3O7. The maximum absolute atomic E-state index is 14.8. The molecule has 2 amide bonds. The van der Waals surface area contributed by atoms with Gasteiger partial charge in [-0.05, 0) is 48.4 Å². The second-order valence-electron chi connectivity index (χ2n) is 9.93. The lowest BCUT2D eigenvalue weighted by atomic mass is 9.93. The molecule has 0 spiro atoms. The molecular weight excluding hydrogens is 588 g/mol. The number of hydrogen-bond donors (Lipinski definition) is 2. The Morgan fingerprint density at radius 1 is 0.956 bits per heavy atom. The fourth-order valence-electron chi connectivity index (χ4n) is 5.00. The highest BCUT2D eigenvalue weighted by Gasteiger charge is 2.28. The van der Waals surface area contributed by atoms with E-state index in [-0.39, 0.29) is 12.1 Å². The fourth-order valence-corrected chi connectivity index (χ4v) is 5.00. The molecule has 1 heterocycles. The van der Waals surface area contributed by atoms with Gasteiger partial charge in [-0.1, -0.05) is 18.2 Å². The van der Waals surface area contributed by atoms with Crippen LogP contribution in [0.4, 0.5) is 14.5 Å². The van der Waals surface area contributed by atoms with E-state index >= 15 is 0 Å². The summed E-state index contributed by atoms with van der Waals surface area (Å²) < 4.78 is 51.5. The van der Waals surface area contributed by atoms with Crippen LogP contribution in [-0.4, -0.2) is 56.7 Å². The van der Waals surface area contributed by atoms with Gasteiger partial charge in [-0.15, -0.1) is 0 Å². The molecule has 1 aromatic heterocycles. The smallest absolute Gasteiger partial charge is 0.328 e.